The number of esters is 1. The van der Waals surface area contributed by atoms with E-state index in [1.165, 1.54) is 12.7 Å². The van der Waals surface area contributed by atoms with Crippen LogP contribution in [0.3, 0.4) is 0 Å². The monoisotopic (exact) mass is 327 g/mol. The van der Waals surface area contributed by atoms with E-state index in [4.69, 9.17) is 0 Å². The minimum atomic E-state index is -1.22. The maximum absolute atomic E-state index is 11.3. The Hall–Kier alpha value is -0.910. The van der Waals surface area contributed by atoms with E-state index in [-0.39, 0.29) is 0 Å². The fraction of sp³-hybridized carbons (Fsp3) is 0.500. The molecule has 1 fully saturated rings. The second-order valence-corrected chi connectivity index (χ2v) is 5.81. The van der Waals surface area contributed by atoms with Gasteiger partial charge in [-0.05, 0) is 43.1 Å². The van der Waals surface area contributed by atoms with Gasteiger partial charge in [0.2, 0.25) is 0 Å². The summed E-state index contributed by atoms with van der Waals surface area (Å²) in [6.07, 6.45) is -0.0878. The Morgan fingerprint density at radius 1 is 1.58 bits per heavy atom. The molecule has 0 bridgehead atoms. The van der Waals surface area contributed by atoms with Crippen LogP contribution in [-0.4, -0.2) is 43.2 Å². The predicted molar refractivity (Wildman–Crippen MR) is 76.0 cm³/mol. The number of likely N-dealkylation sites (tertiary alicyclic amines) is 1. The van der Waals surface area contributed by atoms with E-state index < -0.39 is 12.1 Å². The van der Waals surface area contributed by atoms with Gasteiger partial charge in [0.05, 0.1) is 7.11 Å². The van der Waals surface area contributed by atoms with Crippen LogP contribution in [0.1, 0.15) is 29.6 Å². The molecule has 5 heteroatoms. The van der Waals surface area contributed by atoms with Crippen LogP contribution in [0.2, 0.25) is 0 Å². The predicted octanol–water partition coefficient (Wildman–Crippen LogP) is 2.07. The van der Waals surface area contributed by atoms with Gasteiger partial charge in [0.1, 0.15) is 0 Å². The fourth-order valence-corrected chi connectivity index (χ4v) is 3.20. The molecule has 1 heterocycles. The zero-order chi connectivity index (χ0) is 14.0. The lowest BCUT2D eigenvalue weighted by Gasteiger charge is -2.15. The molecule has 104 valence electrons. The van der Waals surface area contributed by atoms with Crippen LogP contribution in [0, 0.1) is 0 Å². The summed E-state index contributed by atoms with van der Waals surface area (Å²) < 4.78 is 5.48. The molecule has 2 atom stereocenters. The van der Waals surface area contributed by atoms with Gasteiger partial charge in [-0.1, -0.05) is 28.1 Å². The molecule has 0 amide bonds. The van der Waals surface area contributed by atoms with Gasteiger partial charge in [0.25, 0.3) is 0 Å². The third-order valence-corrected chi connectivity index (χ3v) is 4.28. The first-order valence-electron chi connectivity index (χ1n) is 6.26. The molecule has 1 aliphatic heterocycles. The summed E-state index contributed by atoms with van der Waals surface area (Å²) in [7, 11) is 3.38. The standard InChI is InChI=1S/C14H18BrNO3/c1-16-6-5-10(8-16)11-4-3-9(7-12(11)15)13(17)14(18)19-2/h3-4,7,10,13,17H,5-6,8H2,1-2H3. The number of nitrogens with zero attached hydrogens (tertiary/aromatic N) is 1. The summed E-state index contributed by atoms with van der Waals surface area (Å²) in [6, 6.07) is 5.57. The Labute approximate surface area is 121 Å². The molecule has 1 N–H and O–H groups in total. The van der Waals surface area contributed by atoms with Gasteiger partial charge in [-0.3, -0.25) is 0 Å². The van der Waals surface area contributed by atoms with E-state index in [0.29, 0.717) is 11.5 Å². The van der Waals surface area contributed by atoms with Crippen molar-refractivity contribution in [1.29, 1.82) is 0 Å². The molecule has 0 aliphatic carbocycles. The summed E-state index contributed by atoms with van der Waals surface area (Å²) in [5.74, 6) is -0.135. The second-order valence-electron chi connectivity index (χ2n) is 4.95. The minimum Gasteiger partial charge on any atom is -0.467 e. The Bertz CT molecular complexity index is 478. The zero-order valence-corrected chi connectivity index (χ0v) is 12.7. The normalized spacial score (nSPS) is 21.4. The van der Waals surface area contributed by atoms with E-state index >= 15 is 0 Å². The molecular weight excluding hydrogens is 310 g/mol. The van der Waals surface area contributed by atoms with Crippen LogP contribution in [0.5, 0.6) is 0 Å². The van der Waals surface area contributed by atoms with E-state index in [1.54, 1.807) is 12.1 Å². The third-order valence-electron chi connectivity index (χ3n) is 3.60. The summed E-state index contributed by atoms with van der Waals surface area (Å²) >= 11 is 3.53. The van der Waals surface area contributed by atoms with E-state index in [1.807, 2.05) is 6.07 Å². The Kier molecular flexibility index (Phi) is 4.60. The van der Waals surface area contributed by atoms with Crippen molar-refractivity contribution < 1.29 is 14.6 Å². The smallest absolute Gasteiger partial charge is 0.339 e. The molecule has 1 aromatic carbocycles. The molecular formula is C14H18BrNO3. The van der Waals surface area contributed by atoms with Gasteiger partial charge in [-0.2, -0.15) is 0 Å². The van der Waals surface area contributed by atoms with Gasteiger partial charge in [0, 0.05) is 11.0 Å². The number of hydrogen-bond donors (Lipinski definition) is 1. The second kappa shape index (κ2) is 6.03. The number of ether oxygens (including phenoxy) is 1. The first kappa shape index (κ1) is 14.5. The highest BCUT2D eigenvalue weighted by Gasteiger charge is 2.24. The first-order valence-corrected chi connectivity index (χ1v) is 7.06. The summed E-state index contributed by atoms with van der Waals surface area (Å²) in [5.41, 5.74) is 1.78. The zero-order valence-electron chi connectivity index (χ0n) is 11.1. The topological polar surface area (TPSA) is 49.8 Å². The quantitative estimate of drug-likeness (QED) is 0.863. The number of likely N-dealkylation sites (N-methyl/N-ethyl adjacent to an activating group) is 1. The largest absolute Gasteiger partial charge is 0.467 e. The fourth-order valence-electron chi connectivity index (χ4n) is 2.48. The van der Waals surface area contributed by atoms with E-state index in [9.17, 15) is 9.90 Å². The molecule has 2 unspecified atom stereocenters. The Morgan fingerprint density at radius 2 is 2.32 bits per heavy atom. The molecule has 0 spiro atoms. The van der Waals surface area contributed by atoms with Crippen molar-refractivity contribution in [2.75, 3.05) is 27.2 Å². The van der Waals surface area contributed by atoms with Crippen molar-refractivity contribution in [3.63, 3.8) is 0 Å². The molecule has 0 saturated carbocycles. The molecule has 1 aliphatic rings. The highest BCUT2D eigenvalue weighted by molar-refractivity contribution is 9.10. The van der Waals surface area contributed by atoms with Crippen LogP contribution < -0.4 is 0 Å². The number of carbonyl (C=O) groups excluding carboxylic acids is 1. The van der Waals surface area contributed by atoms with Gasteiger partial charge in [-0.25, -0.2) is 4.79 Å². The van der Waals surface area contributed by atoms with Crippen molar-refractivity contribution in [1.82, 2.24) is 4.90 Å². The lowest BCUT2D eigenvalue weighted by molar-refractivity contribution is -0.150. The maximum atomic E-state index is 11.3. The average Bonchev–Trinajstić information content (AvgIpc) is 2.83. The number of aliphatic hydroxyl groups excluding tert-OH is 1. The van der Waals surface area contributed by atoms with Crippen molar-refractivity contribution in [2.24, 2.45) is 0 Å². The van der Waals surface area contributed by atoms with Crippen LogP contribution >= 0.6 is 15.9 Å². The minimum absolute atomic E-state index is 0.503. The molecule has 1 saturated heterocycles. The van der Waals surface area contributed by atoms with Crippen molar-refractivity contribution in [3.05, 3.63) is 33.8 Å². The number of hydrogen-bond acceptors (Lipinski definition) is 4. The number of carbonyl (C=O) groups is 1. The summed E-state index contributed by atoms with van der Waals surface area (Å²) in [4.78, 5) is 13.6. The molecule has 2 rings (SSSR count). The number of methoxy groups -OCH3 is 1. The van der Waals surface area contributed by atoms with Crippen molar-refractivity contribution >= 4 is 21.9 Å². The number of rotatable bonds is 3. The third kappa shape index (κ3) is 3.16. The van der Waals surface area contributed by atoms with E-state index in [0.717, 1.165) is 24.0 Å². The lowest BCUT2D eigenvalue weighted by atomic mass is 9.96. The van der Waals surface area contributed by atoms with Gasteiger partial charge < -0.3 is 14.7 Å². The molecule has 0 radical (unpaired) electrons. The highest BCUT2D eigenvalue weighted by Crippen LogP contribution is 2.33. The summed E-state index contributed by atoms with van der Waals surface area (Å²) in [6.45, 7) is 2.14. The average molecular weight is 328 g/mol. The number of halogens is 1. The molecule has 0 aromatic heterocycles. The van der Waals surface area contributed by atoms with Crippen LogP contribution in [-0.2, 0) is 9.53 Å². The molecule has 19 heavy (non-hydrogen) atoms. The summed E-state index contributed by atoms with van der Waals surface area (Å²) in [5, 5.41) is 9.81. The molecule has 4 nitrogen and oxygen atoms in total. The maximum Gasteiger partial charge on any atom is 0.339 e. The van der Waals surface area contributed by atoms with Crippen molar-refractivity contribution in [2.45, 2.75) is 18.4 Å². The first-order chi connectivity index (χ1) is 9.02. The van der Waals surface area contributed by atoms with Crippen molar-refractivity contribution in [3.8, 4) is 0 Å². The highest BCUT2D eigenvalue weighted by atomic mass is 79.9. The number of aliphatic hydroxyl groups is 1. The van der Waals surface area contributed by atoms with Crippen LogP contribution in [0.15, 0.2) is 22.7 Å². The van der Waals surface area contributed by atoms with Gasteiger partial charge in [-0.15, -0.1) is 0 Å². The lowest BCUT2D eigenvalue weighted by Crippen LogP contribution is -2.15. The van der Waals surface area contributed by atoms with Gasteiger partial charge in [0.15, 0.2) is 6.10 Å². The van der Waals surface area contributed by atoms with Gasteiger partial charge >= 0.3 is 5.97 Å². The van der Waals surface area contributed by atoms with Crippen LogP contribution in [0.4, 0.5) is 0 Å². The Morgan fingerprint density at radius 3 is 2.84 bits per heavy atom. The number of benzene rings is 1. The molecule has 1 aromatic rings. The van der Waals surface area contributed by atoms with E-state index in [2.05, 4.69) is 32.6 Å². The Balaban J connectivity index is 2.20. The van der Waals surface area contributed by atoms with Crippen LogP contribution in [0.25, 0.3) is 0 Å². The SMILES string of the molecule is COC(=O)C(O)c1ccc(C2CCN(C)C2)c(Br)c1.